The van der Waals surface area contributed by atoms with Gasteiger partial charge >= 0.3 is 0 Å². The Labute approximate surface area is 189 Å². The minimum absolute atomic E-state index is 0.0320. The van der Waals surface area contributed by atoms with Crippen LogP contribution in [0.4, 0.5) is 0 Å². The number of ether oxygens (including phenoxy) is 1. The fourth-order valence-electron chi connectivity index (χ4n) is 4.73. The lowest BCUT2D eigenvalue weighted by atomic mass is 9.64. The van der Waals surface area contributed by atoms with E-state index in [-0.39, 0.29) is 23.1 Å². The molecule has 0 unspecified atom stereocenters. The number of benzene rings is 2. The van der Waals surface area contributed by atoms with Crippen LogP contribution < -0.4 is 16.0 Å². The first-order valence-corrected chi connectivity index (χ1v) is 11.6. The molecular formula is C24H26BrClN2O2. The lowest BCUT2D eigenvalue weighted by molar-refractivity contribution is 0.104. The standard InChI is InChI=1S/C24H26BrClN2O2/c1-2-22(27)24(16-3-5-17(25)6-4-16)10-7-18(8-11-24)30-21-13-15-9-12-28-23(29)19(15)14-20(21)26/h3-6,9,12-14,18,22H,2,7-8,10-11,27H2,1H3,(H,28,29)/t18-,22-,24-/m1/s1. The predicted octanol–water partition coefficient (Wildman–Crippen LogP) is 5.94. The molecule has 1 fully saturated rings. The highest BCUT2D eigenvalue weighted by atomic mass is 79.9. The Hall–Kier alpha value is -1.82. The van der Waals surface area contributed by atoms with Gasteiger partial charge < -0.3 is 15.5 Å². The van der Waals surface area contributed by atoms with Crippen molar-refractivity contribution in [2.24, 2.45) is 5.73 Å². The number of aromatic amines is 1. The van der Waals surface area contributed by atoms with E-state index in [4.69, 9.17) is 22.1 Å². The Bertz CT molecular complexity index is 1090. The summed E-state index contributed by atoms with van der Waals surface area (Å²) in [5, 5.41) is 1.86. The van der Waals surface area contributed by atoms with Crippen LogP contribution in [0.3, 0.4) is 0 Å². The Kier molecular flexibility index (Phi) is 6.24. The van der Waals surface area contributed by atoms with Crippen LogP contribution in [0.25, 0.3) is 10.8 Å². The van der Waals surface area contributed by atoms with Crippen LogP contribution in [-0.2, 0) is 5.41 Å². The number of pyridine rings is 1. The normalized spacial score (nSPS) is 22.7. The van der Waals surface area contributed by atoms with Gasteiger partial charge in [0.05, 0.1) is 11.1 Å². The highest BCUT2D eigenvalue weighted by Gasteiger charge is 2.41. The summed E-state index contributed by atoms with van der Waals surface area (Å²) in [4.78, 5) is 14.7. The van der Waals surface area contributed by atoms with Crippen LogP contribution in [0.2, 0.25) is 5.02 Å². The van der Waals surface area contributed by atoms with Gasteiger partial charge in [-0.1, -0.05) is 46.6 Å². The third-order valence-corrected chi connectivity index (χ3v) is 7.34. The number of hydrogen-bond donors (Lipinski definition) is 2. The van der Waals surface area contributed by atoms with Crippen LogP contribution in [-0.4, -0.2) is 17.1 Å². The molecule has 3 N–H and O–H groups in total. The zero-order valence-electron chi connectivity index (χ0n) is 17.0. The second kappa shape index (κ2) is 8.74. The number of fused-ring (bicyclic) bond motifs is 1. The zero-order valence-corrected chi connectivity index (χ0v) is 19.3. The van der Waals surface area contributed by atoms with Crippen molar-refractivity contribution >= 4 is 38.3 Å². The number of nitrogens with two attached hydrogens (primary N) is 1. The second-order valence-electron chi connectivity index (χ2n) is 8.17. The Morgan fingerprint density at radius 1 is 1.23 bits per heavy atom. The minimum atomic E-state index is -0.147. The number of nitrogens with one attached hydrogen (secondary N) is 1. The number of rotatable bonds is 5. The molecule has 2 aromatic carbocycles. The van der Waals surface area contributed by atoms with Crippen LogP contribution in [0.1, 0.15) is 44.6 Å². The maximum atomic E-state index is 12.0. The molecule has 0 spiro atoms. The van der Waals surface area contributed by atoms with Crippen molar-refractivity contribution in [3.05, 3.63) is 74.1 Å². The molecule has 0 amide bonds. The van der Waals surface area contributed by atoms with E-state index in [1.165, 1.54) is 5.56 Å². The van der Waals surface area contributed by atoms with Gasteiger partial charge in [0.15, 0.2) is 0 Å². The van der Waals surface area contributed by atoms with Gasteiger partial charge in [0, 0.05) is 27.5 Å². The summed E-state index contributed by atoms with van der Waals surface area (Å²) < 4.78 is 7.38. The lowest BCUT2D eigenvalue weighted by Gasteiger charge is -2.44. The summed E-state index contributed by atoms with van der Waals surface area (Å²) in [5.41, 5.74) is 7.77. The van der Waals surface area contributed by atoms with Crippen LogP contribution in [0, 0.1) is 0 Å². The number of aromatic nitrogens is 1. The van der Waals surface area contributed by atoms with Gasteiger partial charge in [-0.15, -0.1) is 0 Å². The molecule has 6 heteroatoms. The van der Waals surface area contributed by atoms with Crippen molar-refractivity contribution in [1.82, 2.24) is 4.98 Å². The Morgan fingerprint density at radius 2 is 1.93 bits per heavy atom. The zero-order chi connectivity index (χ0) is 21.3. The van der Waals surface area contributed by atoms with Crippen molar-refractivity contribution in [1.29, 1.82) is 0 Å². The van der Waals surface area contributed by atoms with Gasteiger partial charge in [-0.2, -0.15) is 0 Å². The van der Waals surface area contributed by atoms with Gasteiger partial charge in [0.25, 0.3) is 5.56 Å². The summed E-state index contributed by atoms with van der Waals surface area (Å²) in [7, 11) is 0. The third kappa shape index (κ3) is 4.03. The van der Waals surface area contributed by atoms with Crippen molar-refractivity contribution in [2.75, 3.05) is 0 Å². The lowest BCUT2D eigenvalue weighted by Crippen LogP contribution is -2.48. The molecule has 4 nitrogen and oxygen atoms in total. The number of hydrogen-bond acceptors (Lipinski definition) is 3. The molecule has 1 aliphatic rings. The molecule has 0 saturated heterocycles. The highest BCUT2D eigenvalue weighted by molar-refractivity contribution is 9.10. The van der Waals surface area contributed by atoms with Crippen molar-refractivity contribution in [3.8, 4) is 5.75 Å². The number of H-pyrrole nitrogens is 1. The molecule has 0 bridgehead atoms. The molecule has 1 aromatic heterocycles. The summed E-state index contributed by atoms with van der Waals surface area (Å²) >= 11 is 9.96. The predicted molar refractivity (Wildman–Crippen MR) is 127 cm³/mol. The fourth-order valence-corrected chi connectivity index (χ4v) is 5.20. The molecule has 3 aromatic rings. The first-order valence-electron chi connectivity index (χ1n) is 10.4. The van der Waals surface area contributed by atoms with E-state index < -0.39 is 0 Å². The minimum Gasteiger partial charge on any atom is -0.489 e. The van der Waals surface area contributed by atoms with E-state index in [1.54, 1.807) is 12.3 Å². The molecule has 30 heavy (non-hydrogen) atoms. The van der Waals surface area contributed by atoms with Crippen LogP contribution in [0.15, 0.2) is 57.9 Å². The van der Waals surface area contributed by atoms with E-state index >= 15 is 0 Å². The average Bonchev–Trinajstić information content (AvgIpc) is 2.76. The van der Waals surface area contributed by atoms with Crippen LogP contribution >= 0.6 is 27.5 Å². The van der Waals surface area contributed by atoms with Gasteiger partial charge in [0.2, 0.25) is 0 Å². The van der Waals surface area contributed by atoms with Crippen molar-refractivity contribution < 1.29 is 4.74 Å². The van der Waals surface area contributed by atoms with Gasteiger partial charge in [-0.25, -0.2) is 0 Å². The quantitative estimate of drug-likeness (QED) is 0.466. The van der Waals surface area contributed by atoms with Crippen LogP contribution in [0.5, 0.6) is 5.75 Å². The summed E-state index contributed by atoms with van der Waals surface area (Å²) in [5.74, 6) is 0.635. The number of halogens is 2. The largest absolute Gasteiger partial charge is 0.489 e. The molecule has 0 aliphatic heterocycles. The molecule has 0 radical (unpaired) electrons. The van der Waals surface area contributed by atoms with Gasteiger partial charge in [-0.3, -0.25) is 4.79 Å². The van der Waals surface area contributed by atoms with E-state index in [2.05, 4.69) is 52.1 Å². The molecule has 158 valence electrons. The molecule has 1 aliphatic carbocycles. The SMILES string of the molecule is CC[C@@H](N)[C@]1(c2ccc(Br)cc2)CC[C@@H](Oc2cc3cc[nH]c(=O)c3cc2Cl)CC1. The molecule has 1 saturated carbocycles. The smallest absolute Gasteiger partial charge is 0.255 e. The molecule has 1 heterocycles. The summed E-state index contributed by atoms with van der Waals surface area (Å²) in [6.45, 7) is 2.16. The second-order valence-corrected chi connectivity index (χ2v) is 9.49. The monoisotopic (exact) mass is 488 g/mol. The average molecular weight is 490 g/mol. The van der Waals surface area contributed by atoms with Gasteiger partial charge in [-0.05, 0) is 73.4 Å². The Morgan fingerprint density at radius 3 is 2.60 bits per heavy atom. The van der Waals surface area contributed by atoms with Crippen molar-refractivity contribution in [3.63, 3.8) is 0 Å². The maximum Gasteiger partial charge on any atom is 0.255 e. The van der Waals surface area contributed by atoms with E-state index in [1.807, 2.05) is 12.1 Å². The Balaban J connectivity index is 1.55. The third-order valence-electron chi connectivity index (χ3n) is 6.51. The van der Waals surface area contributed by atoms with Gasteiger partial charge in [0.1, 0.15) is 5.75 Å². The van der Waals surface area contributed by atoms with E-state index in [0.717, 1.165) is 42.0 Å². The maximum absolute atomic E-state index is 12.0. The first-order chi connectivity index (χ1) is 14.4. The highest BCUT2D eigenvalue weighted by Crippen LogP contribution is 2.44. The van der Waals surface area contributed by atoms with E-state index in [0.29, 0.717) is 16.2 Å². The van der Waals surface area contributed by atoms with Crippen molar-refractivity contribution in [2.45, 2.75) is 56.6 Å². The first kappa shape index (κ1) is 21.4. The molecule has 4 rings (SSSR count). The molecular weight excluding hydrogens is 464 g/mol. The van der Waals surface area contributed by atoms with E-state index in [9.17, 15) is 4.79 Å². The molecule has 1 atom stereocenters. The summed E-state index contributed by atoms with van der Waals surface area (Å²) in [6.07, 6.45) is 6.42. The fraction of sp³-hybridized carbons (Fsp3) is 0.375. The topological polar surface area (TPSA) is 68.1 Å². The summed E-state index contributed by atoms with van der Waals surface area (Å²) in [6, 6.07) is 14.1.